The minimum Gasteiger partial charge on any atom is -0.351 e. The number of carbonyl (C=O) groups is 1. The van der Waals surface area contributed by atoms with Gasteiger partial charge in [0.15, 0.2) is 5.82 Å². The fourth-order valence-corrected chi connectivity index (χ4v) is 3.78. The first kappa shape index (κ1) is 14.4. The number of carbonyl (C=O) groups excluding carboxylic acids is 1. The molecule has 2 aromatic rings. The molecule has 0 saturated heterocycles. The maximum atomic E-state index is 12.6. The van der Waals surface area contributed by atoms with Gasteiger partial charge in [0.05, 0.1) is 11.7 Å². The molecule has 1 unspecified atom stereocenters. The third-order valence-electron chi connectivity index (χ3n) is 5.03. The Hall–Kier alpha value is -2.18. The predicted molar refractivity (Wildman–Crippen MR) is 81.9 cm³/mol. The van der Waals surface area contributed by atoms with Gasteiger partial charge in [0.2, 0.25) is 5.76 Å². The summed E-state index contributed by atoms with van der Waals surface area (Å²) >= 11 is 0. The summed E-state index contributed by atoms with van der Waals surface area (Å²) in [6.07, 6.45) is 4.95. The molecule has 1 atom stereocenters. The van der Waals surface area contributed by atoms with Crippen LogP contribution in [-0.2, 0) is 6.54 Å². The summed E-state index contributed by atoms with van der Waals surface area (Å²) in [5.74, 6) is 2.67. The molecule has 7 heteroatoms. The standard InChI is InChI=1S/C16H21N5O2/c1-10-9-13(23-19-10)16(22)20-7-8-21-14(11(20)2)17-18-15(21)12-5-3-4-6-12/h9,11-12H,3-8H2,1-2H3. The van der Waals surface area contributed by atoms with Gasteiger partial charge in [-0.1, -0.05) is 18.0 Å². The van der Waals surface area contributed by atoms with Crippen LogP contribution in [0.4, 0.5) is 0 Å². The van der Waals surface area contributed by atoms with Crippen LogP contribution in [0.3, 0.4) is 0 Å². The van der Waals surface area contributed by atoms with Gasteiger partial charge in [0, 0.05) is 25.1 Å². The van der Waals surface area contributed by atoms with Crippen LogP contribution in [0.1, 0.15) is 72.5 Å². The maximum absolute atomic E-state index is 12.6. The Bertz CT molecular complexity index is 729. The van der Waals surface area contributed by atoms with Crippen molar-refractivity contribution in [2.45, 2.75) is 58.0 Å². The molecule has 7 nitrogen and oxygen atoms in total. The average Bonchev–Trinajstić information content (AvgIpc) is 3.26. The van der Waals surface area contributed by atoms with Gasteiger partial charge in [-0.15, -0.1) is 10.2 Å². The lowest BCUT2D eigenvalue weighted by atomic mass is 10.1. The summed E-state index contributed by atoms with van der Waals surface area (Å²) in [4.78, 5) is 14.4. The first-order valence-corrected chi connectivity index (χ1v) is 8.32. The molecule has 0 spiro atoms. The van der Waals surface area contributed by atoms with Gasteiger partial charge in [-0.05, 0) is 26.7 Å². The zero-order valence-corrected chi connectivity index (χ0v) is 13.5. The lowest BCUT2D eigenvalue weighted by molar-refractivity contribution is 0.0593. The number of amides is 1. The number of hydrogen-bond acceptors (Lipinski definition) is 5. The highest BCUT2D eigenvalue weighted by Crippen LogP contribution is 2.35. The second kappa shape index (κ2) is 5.47. The number of nitrogens with zero attached hydrogens (tertiary/aromatic N) is 5. The molecule has 1 saturated carbocycles. The molecule has 2 aliphatic rings. The first-order valence-electron chi connectivity index (χ1n) is 8.32. The van der Waals surface area contributed by atoms with Gasteiger partial charge in [-0.2, -0.15) is 0 Å². The van der Waals surface area contributed by atoms with Crippen molar-refractivity contribution in [3.8, 4) is 0 Å². The van der Waals surface area contributed by atoms with Crippen LogP contribution in [0.2, 0.25) is 0 Å². The van der Waals surface area contributed by atoms with Crippen LogP contribution in [0.15, 0.2) is 10.6 Å². The topological polar surface area (TPSA) is 77.0 Å². The van der Waals surface area contributed by atoms with Crippen molar-refractivity contribution in [1.82, 2.24) is 24.8 Å². The van der Waals surface area contributed by atoms with Crippen LogP contribution in [0.25, 0.3) is 0 Å². The molecule has 0 bridgehead atoms. The second-order valence-electron chi connectivity index (χ2n) is 6.56. The number of aryl methyl sites for hydroxylation is 1. The van der Waals surface area contributed by atoms with Crippen LogP contribution in [0, 0.1) is 6.92 Å². The van der Waals surface area contributed by atoms with Crippen LogP contribution in [-0.4, -0.2) is 37.3 Å². The minimum atomic E-state index is -0.130. The Labute approximate surface area is 134 Å². The van der Waals surface area contributed by atoms with Crippen LogP contribution >= 0.6 is 0 Å². The predicted octanol–water partition coefficient (Wildman–Crippen LogP) is 2.45. The summed E-state index contributed by atoms with van der Waals surface area (Å²) in [5, 5.41) is 12.6. The molecule has 0 aromatic carbocycles. The molecule has 23 heavy (non-hydrogen) atoms. The highest BCUT2D eigenvalue weighted by molar-refractivity contribution is 5.91. The average molecular weight is 315 g/mol. The monoisotopic (exact) mass is 315 g/mol. The summed E-state index contributed by atoms with van der Waals surface area (Å²) in [6.45, 7) is 5.20. The number of hydrogen-bond donors (Lipinski definition) is 0. The van der Waals surface area contributed by atoms with E-state index in [4.69, 9.17) is 4.52 Å². The number of rotatable bonds is 2. The molecule has 0 N–H and O–H groups in total. The molecule has 0 radical (unpaired) electrons. The van der Waals surface area contributed by atoms with E-state index < -0.39 is 0 Å². The van der Waals surface area contributed by atoms with E-state index in [1.807, 2.05) is 13.8 Å². The number of fused-ring (bicyclic) bond motifs is 1. The van der Waals surface area contributed by atoms with Gasteiger partial charge in [-0.3, -0.25) is 4.79 Å². The summed E-state index contributed by atoms with van der Waals surface area (Å²) < 4.78 is 7.34. The van der Waals surface area contributed by atoms with E-state index in [0.29, 0.717) is 23.9 Å². The third-order valence-corrected chi connectivity index (χ3v) is 5.03. The van der Waals surface area contributed by atoms with Gasteiger partial charge in [0.1, 0.15) is 5.82 Å². The van der Waals surface area contributed by atoms with E-state index >= 15 is 0 Å². The fourth-order valence-electron chi connectivity index (χ4n) is 3.78. The summed E-state index contributed by atoms with van der Waals surface area (Å²) in [7, 11) is 0. The zero-order valence-electron chi connectivity index (χ0n) is 13.5. The van der Waals surface area contributed by atoms with E-state index in [1.54, 1.807) is 11.0 Å². The summed E-state index contributed by atoms with van der Waals surface area (Å²) in [6, 6.07) is 1.57. The maximum Gasteiger partial charge on any atom is 0.293 e. The van der Waals surface area contributed by atoms with Crippen molar-refractivity contribution >= 4 is 5.91 Å². The molecule has 2 aromatic heterocycles. The van der Waals surface area contributed by atoms with Crippen molar-refractivity contribution in [3.05, 3.63) is 29.2 Å². The van der Waals surface area contributed by atoms with Crippen molar-refractivity contribution in [1.29, 1.82) is 0 Å². The van der Waals surface area contributed by atoms with Gasteiger partial charge < -0.3 is 14.0 Å². The zero-order chi connectivity index (χ0) is 16.0. The molecule has 1 aliphatic carbocycles. The van der Waals surface area contributed by atoms with E-state index in [2.05, 4.69) is 19.9 Å². The molecule has 3 heterocycles. The van der Waals surface area contributed by atoms with E-state index in [9.17, 15) is 4.79 Å². The first-order chi connectivity index (χ1) is 11.1. The van der Waals surface area contributed by atoms with Gasteiger partial charge in [-0.25, -0.2) is 0 Å². The second-order valence-corrected chi connectivity index (χ2v) is 6.56. The molecule has 4 rings (SSSR count). The lowest BCUT2D eigenvalue weighted by Gasteiger charge is -2.33. The SMILES string of the molecule is Cc1cc(C(=O)N2CCn3c(C4CCCC4)nnc3C2C)on1. The van der Waals surface area contributed by atoms with Crippen molar-refractivity contribution in [2.24, 2.45) is 0 Å². The van der Waals surface area contributed by atoms with Crippen molar-refractivity contribution in [3.63, 3.8) is 0 Å². The molecular formula is C16H21N5O2. The molecule has 1 aliphatic heterocycles. The third kappa shape index (κ3) is 2.34. The van der Waals surface area contributed by atoms with E-state index in [1.165, 1.54) is 25.7 Å². The number of aromatic nitrogens is 4. The highest BCUT2D eigenvalue weighted by Gasteiger charge is 2.35. The normalized spacial score (nSPS) is 21.7. The van der Waals surface area contributed by atoms with E-state index in [0.717, 1.165) is 18.2 Å². The molecule has 1 fully saturated rings. The highest BCUT2D eigenvalue weighted by atomic mass is 16.5. The Morgan fingerprint density at radius 3 is 2.65 bits per heavy atom. The lowest BCUT2D eigenvalue weighted by Crippen LogP contribution is -2.41. The Morgan fingerprint density at radius 1 is 1.22 bits per heavy atom. The largest absolute Gasteiger partial charge is 0.351 e. The minimum absolute atomic E-state index is 0.107. The Balaban J connectivity index is 1.60. The van der Waals surface area contributed by atoms with Crippen LogP contribution in [0.5, 0.6) is 0 Å². The van der Waals surface area contributed by atoms with Crippen LogP contribution < -0.4 is 0 Å². The Morgan fingerprint density at radius 2 is 1.96 bits per heavy atom. The smallest absolute Gasteiger partial charge is 0.293 e. The molecule has 1 amide bonds. The Kier molecular flexibility index (Phi) is 3.43. The summed E-state index contributed by atoms with van der Waals surface area (Å²) in [5.41, 5.74) is 0.713. The van der Waals surface area contributed by atoms with Gasteiger partial charge >= 0.3 is 0 Å². The molecule has 122 valence electrons. The van der Waals surface area contributed by atoms with Crippen molar-refractivity contribution < 1.29 is 9.32 Å². The fraction of sp³-hybridized carbons (Fsp3) is 0.625. The van der Waals surface area contributed by atoms with E-state index in [-0.39, 0.29) is 11.9 Å². The van der Waals surface area contributed by atoms with Gasteiger partial charge in [0.25, 0.3) is 5.91 Å². The quantitative estimate of drug-likeness (QED) is 0.850. The molecular weight excluding hydrogens is 294 g/mol. The van der Waals surface area contributed by atoms with Crippen molar-refractivity contribution in [2.75, 3.05) is 6.54 Å².